The van der Waals surface area contributed by atoms with Gasteiger partial charge in [-0.1, -0.05) is 12.1 Å². The number of hydrogen-bond donors (Lipinski definition) is 2. The van der Waals surface area contributed by atoms with E-state index in [2.05, 4.69) is 20.6 Å². The predicted molar refractivity (Wildman–Crippen MR) is 90.3 cm³/mol. The van der Waals surface area contributed by atoms with Gasteiger partial charge < -0.3 is 14.8 Å². The smallest absolute Gasteiger partial charge is 0.387 e. The van der Waals surface area contributed by atoms with Crippen molar-refractivity contribution in [3.05, 3.63) is 54.1 Å². The zero-order valence-corrected chi connectivity index (χ0v) is 13.4. The van der Waals surface area contributed by atoms with Gasteiger partial charge in [0.25, 0.3) is 5.91 Å². The molecular weight excluding hydrogens is 332 g/mol. The highest BCUT2D eigenvalue weighted by Gasteiger charge is 2.07. The van der Waals surface area contributed by atoms with Crippen molar-refractivity contribution in [2.45, 2.75) is 6.61 Å². The van der Waals surface area contributed by atoms with Crippen LogP contribution in [0.25, 0.3) is 0 Å². The summed E-state index contributed by atoms with van der Waals surface area (Å²) >= 11 is 0. The van der Waals surface area contributed by atoms with Crippen molar-refractivity contribution < 1.29 is 23.0 Å². The first kappa shape index (κ1) is 18.2. The van der Waals surface area contributed by atoms with Crippen LogP contribution in [0.4, 0.5) is 14.5 Å². The second-order valence-electron chi connectivity index (χ2n) is 4.79. The first-order valence-corrected chi connectivity index (χ1v) is 7.32. The van der Waals surface area contributed by atoms with E-state index in [1.165, 1.54) is 12.3 Å². The van der Waals surface area contributed by atoms with Gasteiger partial charge in [0.05, 0.1) is 19.9 Å². The van der Waals surface area contributed by atoms with Gasteiger partial charge in [-0.25, -0.2) is 5.43 Å². The molecular formula is C17H17F2N3O3. The third-order valence-electron chi connectivity index (χ3n) is 3.07. The Bertz CT molecular complexity index is 721. The minimum Gasteiger partial charge on any atom is -0.497 e. The maximum atomic E-state index is 12.3. The lowest BCUT2D eigenvalue weighted by atomic mass is 10.2. The Morgan fingerprint density at radius 3 is 2.60 bits per heavy atom. The molecule has 132 valence electrons. The molecule has 25 heavy (non-hydrogen) atoms. The maximum absolute atomic E-state index is 12.3. The number of para-hydroxylation sites is 1. The van der Waals surface area contributed by atoms with Gasteiger partial charge >= 0.3 is 6.61 Å². The molecule has 2 rings (SSSR count). The minimum absolute atomic E-state index is 0.00114. The summed E-state index contributed by atoms with van der Waals surface area (Å²) in [7, 11) is 1.57. The number of hydrazone groups is 1. The van der Waals surface area contributed by atoms with E-state index in [4.69, 9.17) is 4.74 Å². The highest BCUT2D eigenvalue weighted by atomic mass is 19.3. The lowest BCUT2D eigenvalue weighted by Gasteiger charge is -2.07. The molecule has 0 bridgehead atoms. The third kappa shape index (κ3) is 6.09. The van der Waals surface area contributed by atoms with Crippen molar-refractivity contribution >= 4 is 17.8 Å². The van der Waals surface area contributed by atoms with Crippen molar-refractivity contribution in [2.24, 2.45) is 5.10 Å². The predicted octanol–water partition coefficient (Wildman–Crippen LogP) is 2.86. The van der Waals surface area contributed by atoms with Crippen molar-refractivity contribution in [3.63, 3.8) is 0 Å². The number of halogens is 2. The SMILES string of the molecule is COc1ccc(NCC(=O)N/N=C\c2ccccc2OC(F)F)cc1. The van der Waals surface area contributed by atoms with Crippen LogP contribution < -0.4 is 20.2 Å². The number of anilines is 1. The Hall–Kier alpha value is -3.16. The van der Waals surface area contributed by atoms with Crippen LogP contribution in [0.2, 0.25) is 0 Å². The molecule has 0 spiro atoms. The van der Waals surface area contributed by atoms with Gasteiger partial charge in [0.1, 0.15) is 11.5 Å². The second kappa shape index (κ2) is 9.21. The first-order valence-electron chi connectivity index (χ1n) is 7.32. The summed E-state index contributed by atoms with van der Waals surface area (Å²) in [5.41, 5.74) is 3.38. The van der Waals surface area contributed by atoms with E-state index in [9.17, 15) is 13.6 Å². The summed E-state index contributed by atoms with van der Waals surface area (Å²) < 4.78 is 34.0. The average Bonchev–Trinajstić information content (AvgIpc) is 2.61. The molecule has 0 saturated carbocycles. The molecule has 0 aliphatic heterocycles. The van der Waals surface area contributed by atoms with E-state index >= 15 is 0 Å². The molecule has 0 unspecified atom stereocenters. The molecule has 0 heterocycles. The standard InChI is InChI=1S/C17H17F2N3O3/c1-24-14-8-6-13(7-9-14)20-11-16(23)22-21-10-12-4-2-3-5-15(12)25-17(18)19/h2-10,17,20H,11H2,1H3,(H,22,23)/b21-10-. The van der Waals surface area contributed by atoms with Crippen LogP contribution in [-0.2, 0) is 4.79 Å². The molecule has 1 amide bonds. The molecule has 8 heteroatoms. The van der Waals surface area contributed by atoms with Crippen molar-refractivity contribution in [3.8, 4) is 11.5 Å². The number of alkyl halides is 2. The van der Waals surface area contributed by atoms with Crippen LogP contribution >= 0.6 is 0 Å². The number of methoxy groups -OCH3 is 1. The monoisotopic (exact) mass is 349 g/mol. The molecule has 2 aromatic rings. The summed E-state index contributed by atoms with van der Waals surface area (Å²) in [5.74, 6) is 0.301. The van der Waals surface area contributed by atoms with Crippen LogP contribution in [0.15, 0.2) is 53.6 Å². The van der Waals surface area contributed by atoms with Gasteiger partial charge in [0, 0.05) is 11.3 Å². The lowest BCUT2D eigenvalue weighted by Crippen LogP contribution is -2.25. The molecule has 0 aliphatic carbocycles. The van der Waals surface area contributed by atoms with Crippen LogP contribution in [0.1, 0.15) is 5.56 Å². The lowest BCUT2D eigenvalue weighted by molar-refractivity contribution is -0.119. The number of carbonyl (C=O) groups excluding carboxylic acids is 1. The summed E-state index contributed by atoms with van der Waals surface area (Å²) in [4.78, 5) is 11.7. The third-order valence-corrected chi connectivity index (χ3v) is 3.07. The number of rotatable bonds is 8. The Labute approximate surface area is 143 Å². The molecule has 0 atom stereocenters. The van der Waals surface area contributed by atoms with Crippen LogP contribution in [0.3, 0.4) is 0 Å². The summed E-state index contributed by atoms with van der Waals surface area (Å²) in [6.45, 7) is -2.93. The Balaban J connectivity index is 1.84. The largest absolute Gasteiger partial charge is 0.497 e. The van der Waals surface area contributed by atoms with E-state index in [-0.39, 0.29) is 18.2 Å². The molecule has 6 nitrogen and oxygen atoms in total. The molecule has 0 aliphatic rings. The Kier molecular flexibility index (Phi) is 6.70. The Morgan fingerprint density at radius 1 is 1.20 bits per heavy atom. The van der Waals surface area contributed by atoms with Crippen molar-refractivity contribution in [1.29, 1.82) is 0 Å². The fourth-order valence-corrected chi connectivity index (χ4v) is 1.90. The van der Waals surface area contributed by atoms with E-state index in [1.807, 2.05) is 0 Å². The summed E-state index contributed by atoms with van der Waals surface area (Å²) in [6.07, 6.45) is 1.24. The zero-order chi connectivity index (χ0) is 18.1. The maximum Gasteiger partial charge on any atom is 0.387 e. The van der Waals surface area contributed by atoms with Gasteiger partial charge in [-0.3, -0.25) is 4.79 Å². The molecule has 0 radical (unpaired) electrons. The van der Waals surface area contributed by atoms with Gasteiger partial charge in [0.15, 0.2) is 0 Å². The van der Waals surface area contributed by atoms with E-state index in [0.29, 0.717) is 11.3 Å². The van der Waals surface area contributed by atoms with Crippen LogP contribution in [-0.4, -0.2) is 32.4 Å². The van der Waals surface area contributed by atoms with E-state index < -0.39 is 6.61 Å². The zero-order valence-electron chi connectivity index (χ0n) is 13.4. The molecule has 0 fully saturated rings. The van der Waals surface area contributed by atoms with Gasteiger partial charge in [-0.2, -0.15) is 13.9 Å². The summed E-state index contributed by atoms with van der Waals surface area (Å²) in [5, 5.41) is 6.66. The number of benzene rings is 2. The highest BCUT2D eigenvalue weighted by Crippen LogP contribution is 2.18. The van der Waals surface area contributed by atoms with Crippen molar-refractivity contribution in [2.75, 3.05) is 19.0 Å². The second-order valence-corrected chi connectivity index (χ2v) is 4.79. The molecule has 0 aromatic heterocycles. The topological polar surface area (TPSA) is 72.0 Å². The van der Waals surface area contributed by atoms with Crippen LogP contribution in [0.5, 0.6) is 11.5 Å². The summed E-state index contributed by atoms with van der Waals surface area (Å²) in [6, 6.07) is 13.2. The van der Waals surface area contributed by atoms with Crippen molar-refractivity contribution in [1.82, 2.24) is 5.43 Å². The molecule has 0 saturated heterocycles. The number of nitrogens with zero attached hydrogens (tertiary/aromatic N) is 1. The molecule has 2 aromatic carbocycles. The van der Waals surface area contributed by atoms with Gasteiger partial charge in [-0.05, 0) is 36.4 Å². The van der Waals surface area contributed by atoms with E-state index in [1.54, 1.807) is 49.6 Å². The minimum atomic E-state index is -2.93. The molecule has 2 N–H and O–H groups in total. The number of amides is 1. The van der Waals surface area contributed by atoms with E-state index in [0.717, 1.165) is 5.69 Å². The highest BCUT2D eigenvalue weighted by molar-refractivity contribution is 5.86. The number of ether oxygens (including phenoxy) is 2. The number of nitrogens with one attached hydrogen (secondary N) is 2. The Morgan fingerprint density at radius 2 is 1.92 bits per heavy atom. The quantitative estimate of drug-likeness (QED) is 0.568. The number of carbonyl (C=O) groups is 1. The van der Waals surface area contributed by atoms with Crippen LogP contribution in [0, 0.1) is 0 Å². The normalized spacial score (nSPS) is 10.7. The number of hydrogen-bond acceptors (Lipinski definition) is 5. The fourth-order valence-electron chi connectivity index (χ4n) is 1.90. The first-order chi connectivity index (χ1) is 12.1. The van der Waals surface area contributed by atoms with Gasteiger partial charge in [-0.15, -0.1) is 0 Å². The van der Waals surface area contributed by atoms with Gasteiger partial charge in [0.2, 0.25) is 0 Å². The fraction of sp³-hybridized carbons (Fsp3) is 0.176. The average molecular weight is 349 g/mol.